The Morgan fingerprint density at radius 2 is 1.70 bits per heavy atom. The predicted molar refractivity (Wildman–Crippen MR) is 130 cm³/mol. The molecule has 0 saturated carbocycles. The van der Waals surface area contributed by atoms with Crippen LogP contribution in [0.4, 0.5) is 0 Å². The zero-order valence-corrected chi connectivity index (χ0v) is 19.1. The monoisotopic (exact) mass is 441 g/mol. The summed E-state index contributed by atoms with van der Waals surface area (Å²) in [4.78, 5) is 0. The first kappa shape index (κ1) is 21.3. The molecule has 2 N–H and O–H groups in total. The van der Waals surface area contributed by atoms with Crippen molar-refractivity contribution in [2.24, 2.45) is 5.73 Å². The molecule has 0 saturated heterocycles. The first-order valence-corrected chi connectivity index (χ1v) is 10.9. The molecule has 33 heavy (non-hydrogen) atoms. The van der Waals surface area contributed by atoms with Crippen LogP contribution in [0.3, 0.4) is 0 Å². The molecule has 3 aromatic rings. The molecule has 0 fully saturated rings. The highest BCUT2D eigenvalue weighted by Crippen LogP contribution is 2.46. The number of rotatable bonds is 5. The lowest BCUT2D eigenvalue weighted by Gasteiger charge is -2.32. The molecule has 1 heterocycles. The molecular formula is C28H27NO4. The summed E-state index contributed by atoms with van der Waals surface area (Å²) in [6.45, 7) is 0.499. The first-order valence-electron chi connectivity index (χ1n) is 10.9. The average Bonchev–Trinajstić information content (AvgIpc) is 2.87. The van der Waals surface area contributed by atoms with Gasteiger partial charge in [-0.25, -0.2) is 0 Å². The van der Waals surface area contributed by atoms with Gasteiger partial charge >= 0.3 is 0 Å². The van der Waals surface area contributed by atoms with Gasteiger partial charge in [-0.3, -0.25) is 5.73 Å². The molecule has 0 spiro atoms. The number of methoxy groups -OCH3 is 3. The van der Waals surface area contributed by atoms with Gasteiger partial charge in [-0.1, -0.05) is 48.6 Å². The fourth-order valence-corrected chi connectivity index (χ4v) is 4.65. The molecule has 1 aliphatic heterocycles. The molecule has 168 valence electrons. The van der Waals surface area contributed by atoms with Crippen LogP contribution in [-0.2, 0) is 11.3 Å². The molecule has 2 aliphatic rings. The van der Waals surface area contributed by atoms with E-state index in [2.05, 4.69) is 24.3 Å². The van der Waals surface area contributed by atoms with Crippen molar-refractivity contribution in [3.05, 3.63) is 84.0 Å². The second-order valence-electron chi connectivity index (χ2n) is 8.22. The molecule has 0 radical (unpaired) electrons. The van der Waals surface area contributed by atoms with E-state index in [4.69, 9.17) is 24.7 Å². The third kappa shape index (κ3) is 3.59. The summed E-state index contributed by atoms with van der Waals surface area (Å²) in [5.41, 5.74) is 13.2. The lowest BCUT2D eigenvalue weighted by Crippen LogP contribution is -2.43. The van der Waals surface area contributed by atoms with E-state index in [0.29, 0.717) is 24.5 Å². The molecule has 5 rings (SSSR count). The second-order valence-corrected chi connectivity index (χ2v) is 8.22. The summed E-state index contributed by atoms with van der Waals surface area (Å²) >= 11 is 0. The van der Waals surface area contributed by atoms with Crippen molar-refractivity contribution in [1.82, 2.24) is 0 Å². The highest BCUT2D eigenvalue weighted by atomic mass is 16.5. The van der Waals surface area contributed by atoms with Crippen molar-refractivity contribution in [3.63, 3.8) is 0 Å². The van der Waals surface area contributed by atoms with Crippen LogP contribution in [0.2, 0.25) is 0 Å². The van der Waals surface area contributed by atoms with Crippen molar-refractivity contribution in [1.29, 1.82) is 0 Å². The van der Waals surface area contributed by atoms with Crippen molar-refractivity contribution < 1.29 is 18.9 Å². The Kier molecular flexibility index (Phi) is 5.44. The molecule has 3 aromatic carbocycles. The van der Waals surface area contributed by atoms with Gasteiger partial charge in [0.05, 0.1) is 14.2 Å². The molecule has 5 nitrogen and oxygen atoms in total. The summed E-state index contributed by atoms with van der Waals surface area (Å²) in [6, 6.07) is 18.5. The second kappa shape index (κ2) is 8.43. The van der Waals surface area contributed by atoms with E-state index in [9.17, 15) is 0 Å². The summed E-state index contributed by atoms with van der Waals surface area (Å²) in [7, 11) is 4.94. The van der Waals surface area contributed by atoms with Crippen LogP contribution in [0.1, 0.15) is 17.5 Å². The minimum absolute atomic E-state index is 0.499. The number of benzene rings is 3. The number of hydrogen-bond acceptors (Lipinski definition) is 5. The zero-order valence-electron chi connectivity index (χ0n) is 19.1. The van der Waals surface area contributed by atoms with Crippen LogP contribution in [-0.4, -0.2) is 27.1 Å². The van der Waals surface area contributed by atoms with Gasteiger partial charge in [-0.2, -0.15) is 0 Å². The Morgan fingerprint density at radius 3 is 2.48 bits per heavy atom. The standard InChI is InChI=1S/C28H27NO4/c1-30-24-13-11-18(16-26(24)31-2)21-7-6-9-25-27(21)22-12-10-19(15-20(22)17-33-25)23-8-4-5-14-28(23,29)32-3/h4-13,15-16H,14,17,29H2,1-3H3. The molecule has 1 unspecified atom stereocenters. The van der Waals surface area contributed by atoms with Crippen LogP contribution >= 0.6 is 0 Å². The van der Waals surface area contributed by atoms with E-state index in [1.807, 2.05) is 48.6 Å². The fourth-order valence-electron chi connectivity index (χ4n) is 4.65. The summed E-state index contributed by atoms with van der Waals surface area (Å²) in [5.74, 6) is 2.26. The molecule has 0 aromatic heterocycles. The maximum atomic E-state index is 6.54. The summed E-state index contributed by atoms with van der Waals surface area (Å²) < 4.78 is 22.8. The van der Waals surface area contributed by atoms with Crippen molar-refractivity contribution >= 4 is 5.57 Å². The van der Waals surface area contributed by atoms with Crippen LogP contribution in [0.5, 0.6) is 17.2 Å². The number of ether oxygens (including phenoxy) is 4. The molecular weight excluding hydrogens is 414 g/mol. The van der Waals surface area contributed by atoms with Gasteiger partial charge < -0.3 is 18.9 Å². The maximum Gasteiger partial charge on any atom is 0.161 e. The Labute approximate surface area is 194 Å². The minimum atomic E-state index is -0.832. The highest BCUT2D eigenvalue weighted by Gasteiger charge is 2.32. The Bertz CT molecular complexity index is 1280. The van der Waals surface area contributed by atoms with Crippen LogP contribution in [0.25, 0.3) is 27.8 Å². The van der Waals surface area contributed by atoms with Crippen molar-refractivity contribution in [3.8, 4) is 39.5 Å². The smallest absolute Gasteiger partial charge is 0.161 e. The molecule has 1 atom stereocenters. The van der Waals surface area contributed by atoms with Crippen molar-refractivity contribution in [2.45, 2.75) is 18.8 Å². The van der Waals surface area contributed by atoms with Gasteiger partial charge in [0.1, 0.15) is 18.1 Å². The van der Waals surface area contributed by atoms with E-state index in [1.54, 1.807) is 21.3 Å². The van der Waals surface area contributed by atoms with Crippen LogP contribution in [0.15, 0.2) is 72.8 Å². The Hall–Kier alpha value is -3.54. The highest BCUT2D eigenvalue weighted by molar-refractivity contribution is 5.91. The fraction of sp³-hybridized carbons (Fsp3) is 0.214. The SMILES string of the molecule is COc1ccc(-c2cccc3c2-c2ccc(C4=CC=CCC4(N)OC)cc2CO3)cc1OC. The molecule has 0 amide bonds. The average molecular weight is 442 g/mol. The minimum Gasteiger partial charge on any atom is -0.493 e. The quantitative estimate of drug-likeness (QED) is 0.524. The molecule has 1 aliphatic carbocycles. The lowest BCUT2D eigenvalue weighted by atomic mass is 9.85. The Morgan fingerprint density at radius 1 is 0.879 bits per heavy atom. The van der Waals surface area contributed by atoms with E-state index in [-0.39, 0.29) is 0 Å². The van der Waals surface area contributed by atoms with E-state index >= 15 is 0 Å². The predicted octanol–water partition coefficient (Wildman–Crippen LogP) is 5.57. The van der Waals surface area contributed by atoms with Crippen LogP contribution in [0, 0.1) is 0 Å². The number of allylic oxidation sites excluding steroid dienone is 2. The van der Waals surface area contributed by atoms with Gasteiger partial charge in [0, 0.05) is 24.7 Å². The molecule has 5 heteroatoms. The number of hydrogen-bond donors (Lipinski definition) is 1. The van der Waals surface area contributed by atoms with E-state index in [0.717, 1.165) is 44.7 Å². The van der Waals surface area contributed by atoms with Gasteiger partial charge in [-0.15, -0.1) is 0 Å². The first-order chi connectivity index (χ1) is 16.1. The van der Waals surface area contributed by atoms with Gasteiger partial charge in [0.25, 0.3) is 0 Å². The van der Waals surface area contributed by atoms with Gasteiger partial charge in [0.15, 0.2) is 11.5 Å². The normalized spacial score (nSPS) is 18.6. The summed E-state index contributed by atoms with van der Waals surface area (Å²) in [5, 5.41) is 0. The largest absolute Gasteiger partial charge is 0.493 e. The third-order valence-corrected chi connectivity index (χ3v) is 6.43. The van der Waals surface area contributed by atoms with E-state index < -0.39 is 5.72 Å². The zero-order chi connectivity index (χ0) is 23.0. The topological polar surface area (TPSA) is 62.9 Å². The van der Waals surface area contributed by atoms with Crippen molar-refractivity contribution in [2.75, 3.05) is 21.3 Å². The van der Waals surface area contributed by atoms with Gasteiger partial charge in [-0.05, 0) is 52.1 Å². The Balaban J connectivity index is 1.62. The van der Waals surface area contributed by atoms with Gasteiger partial charge in [0.2, 0.25) is 0 Å². The number of fused-ring (bicyclic) bond motifs is 3. The number of nitrogens with two attached hydrogens (primary N) is 1. The van der Waals surface area contributed by atoms with E-state index in [1.165, 1.54) is 0 Å². The molecule has 0 bridgehead atoms. The van der Waals surface area contributed by atoms with Crippen LogP contribution < -0.4 is 19.9 Å². The summed E-state index contributed by atoms with van der Waals surface area (Å²) in [6.07, 6.45) is 6.72. The maximum absolute atomic E-state index is 6.54. The lowest BCUT2D eigenvalue weighted by molar-refractivity contribution is 0.0489. The third-order valence-electron chi connectivity index (χ3n) is 6.43.